The predicted octanol–water partition coefficient (Wildman–Crippen LogP) is 7.47. The summed E-state index contributed by atoms with van der Waals surface area (Å²) in [6.45, 7) is 8.08. The number of benzene rings is 3. The molecule has 4 aromatic rings. The van der Waals surface area contributed by atoms with Gasteiger partial charge in [-0.3, -0.25) is 9.36 Å². The Morgan fingerprint density at radius 3 is 2.44 bits per heavy atom. The van der Waals surface area contributed by atoms with Gasteiger partial charge in [0.1, 0.15) is 6.61 Å². The van der Waals surface area contributed by atoms with E-state index in [0.717, 1.165) is 16.7 Å². The minimum Gasteiger partial charge on any atom is -0.493 e. The molecule has 0 spiro atoms. The number of carbonyl (C=O) groups is 1. The van der Waals surface area contributed by atoms with Crippen molar-refractivity contribution in [1.29, 1.82) is 0 Å². The van der Waals surface area contributed by atoms with Crippen LogP contribution in [0.4, 0.5) is 0 Å². The Morgan fingerprint density at radius 2 is 1.80 bits per heavy atom. The molecule has 1 atom stereocenters. The quantitative estimate of drug-likeness (QED) is 0.171. The van der Waals surface area contributed by atoms with Crippen molar-refractivity contribution in [2.24, 2.45) is 4.99 Å². The lowest BCUT2D eigenvalue weighted by molar-refractivity contribution is -0.139. The fraction of sp³-hybridized carbons (Fsp3) is 0.265. The molecule has 2 heterocycles. The van der Waals surface area contributed by atoms with Crippen LogP contribution in [-0.4, -0.2) is 24.3 Å². The fourth-order valence-corrected chi connectivity index (χ4v) is 6.86. The SMILES string of the molecule is CCOC(=O)C1=C(C)N=c2s/c(=C/c3cc(Cl)c(OCc4ccc(Cl)cc4Cl)c(OC)c3)c(=O)n2C1c1ccc(C(C)C)cc1. The number of fused-ring (bicyclic) bond motifs is 1. The molecule has 1 aromatic heterocycles. The Hall–Kier alpha value is -3.56. The van der Waals surface area contributed by atoms with Crippen LogP contribution in [-0.2, 0) is 16.1 Å². The van der Waals surface area contributed by atoms with E-state index < -0.39 is 12.0 Å². The van der Waals surface area contributed by atoms with Gasteiger partial charge in [-0.05, 0) is 66.8 Å². The van der Waals surface area contributed by atoms with Gasteiger partial charge in [0.15, 0.2) is 16.3 Å². The molecule has 0 saturated carbocycles. The van der Waals surface area contributed by atoms with Crippen LogP contribution in [0.2, 0.25) is 15.1 Å². The van der Waals surface area contributed by atoms with Crippen molar-refractivity contribution >= 4 is 58.2 Å². The van der Waals surface area contributed by atoms with Crippen molar-refractivity contribution in [3.05, 3.63) is 123 Å². The summed E-state index contributed by atoms with van der Waals surface area (Å²) in [6, 6.07) is 15.8. The molecule has 3 aromatic carbocycles. The highest BCUT2D eigenvalue weighted by atomic mass is 35.5. The molecule has 45 heavy (non-hydrogen) atoms. The highest BCUT2D eigenvalue weighted by Gasteiger charge is 2.33. The lowest BCUT2D eigenvalue weighted by Gasteiger charge is -2.25. The van der Waals surface area contributed by atoms with E-state index in [4.69, 9.17) is 49.0 Å². The second-order valence-corrected chi connectivity index (χ2v) is 12.9. The lowest BCUT2D eigenvalue weighted by atomic mass is 9.93. The second-order valence-electron chi connectivity index (χ2n) is 10.7. The van der Waals surface area contributed by atoms with E-state index in [1.165, 1.54) is 18.4 Å². The Labute approximate surface area is 280 Å². The Kier molecular flexibility index (Phi) is 10.1. The first kappa shape index (κ1) is 32.8. The minimum atomic E-state index is -0.697. The van der Waals surface area contributed by atoms with Crippen LogP contribution in [0.15, 0.2) is 75.7 Å². The maximum absolute atomic E-state index is 14.0. The largest absolute Gasteiger partial charge is 0.493 e. The van der Waals surface area contributed by atoms with Gasteiger partial charge >= 0.3 is 5.97 Å². The summed E-state index contributed by atoms with van der Waals surface area (Å²) in [5.74, 6) is 0.551. The average molecular weight is 686 g/mol. The third-order valence-corrected chi connectivity index (χ3v) is 9.22. The Balaban J connectivity index is 1.57. The number of thiazole rings is 1. The summed E-state index contributed by atoms with van der Waals surface area (Å²) in [5.41, 5.74) is 3.84. The average Bonchev–Trinajstić information content (AvgIpc) is 3.30. The smallest absolute Gasteiger partial charge is 0.338 e. The lowest BCUT2D eigenvalue weighted by Crippen LogP contribution is -2.39. The molecule has 0 bridgehead atoms. The molecule has 11 heteroatoms. The number of esters is 1. The number of allylic oxidation sites excluding steroid dienone is 1. The van der Waals surface area contributed by atoms with Crippen LogP contribution in [0.3, 0.4) is 0 Å². The van der Waals surface area contributed by atoms with Crippen molar-refractivity contribution in [3.63, 3.8) is 0 Å². The summed E-state index contributed by atoms with van der Waals surface area (Å²) in [7, 11) is 1.51. The molecule has 0 aliphatic carbocycles. The zero-order chi connectivity index (χ0) is 32.4. The molecule has 0 radical (unpaired) electrons. The molecular formula is C34H31Cl3N2O5S. The van der Waals surface area contributed by atoms with E-state index in [1.54, 1.807) is 54.8 Å². The van der Waals surface area contributed by atoms with Crippen LogP contribution in [0.5, 0.6) is 11.5 Å². The fourth-order valence-electron chi connectivity index (χ4n) is 5.07. The third kappa shape index (κ3) is 6.84. The zero-order valence-corrected chi connectivity index (χ0v) is 28.4. The number of aromatic nitrogens is 1. The molecule has 0 saturated heterocycles. The summed E-state index contributed by atoms with van der Waals surface area (Å²) in [6.07, 6.45) is 1.72. The van der Waals surface area contributed by atoms with Gasteiger partial charge in [0.2, 0.25) is 0 Å². The van der Waals surface area contributed by atoms with Crippen LogP contribution in [0.25, 0.3) is 6.08 Å². The number of methoxy groups -OCH3 is 1. The molecule has 7 nitrogen and oxygen atoms in total. The predicted molar refractivity (Wildman–Crippen MR) is 180 cm³/mol. The zero-order valence-electron chi connectivity index (χ0n) is 25.3. The first-order valence-corrected chi connectivity index (χ1v) is 16.2. The van der Waals surface area contributed by atoms with Gasteiger partial charge in [-0.2, -0.15) is 0 Å². The van der Waals surface area contributed by atoms with E-state index in [9.17, 15) is 9.59 Å². The monoisotopic (exact) mass is 684 g/mol. The van der Waals surface area contributed by atoms with Crippen LogP contribution in [0, 0.1) is 0 Å². The molecule has 234 valence electrons. The first-order chi connectivity index (χ1) is 21.5. The van der Waals surface area contributed by atoms with Gasteiger partial charge < -0.3 is 14.2 Å². The van der Waals surface area contributed by atoms with Crippen LogP contribution >= 0.6 is 46.1 Å². The normalized spacial score (nSPS) is 14.8. The van der Waals surface area contributed by atoms with E-state index >= 15 is 0 Å². The molecule has 1 aliphatic rings. The molecule has 0 fully saturated rings. The molecule has 5 rings (SSSR count). The molecule has 0 N–H and O–H groups in total. The number of carbonyl (C=O) groups excluding carboxylic acids is 1. The van der Waals surface area contributed by atoms with E-state index in [-0.39, 0.29) is 18.8 Å². The van der Waals surface area contributed by atoms with Gasteiger partial charge in [0.25, 0.3) is 5.56 Å². The van der Waals surface area contributed by atoms with E-state index in [2.05, 4.69) is 18.8 Å². The molecule has 0 amide bonds. The highest BCUT2D eigenvalue weighted by molar-refractivity contribution is 7.07. The number of rotatable bonds is 9. The number of nitrogens with zero attached hydrogens (tertiary/aromatic N) is 2. The maximum Gasteiger partial charge on any atom is 0.338 e. The number of ether oxygens (including phenoxy) is 3. The van der Waals surface area contributed by atoms with E-state index in [1.807, 2.05) is 24.3 Å². The van der Waals surface area contributed by atoms with Gasteiger partial charge in [-0.15, -0.1) is 0 Å². The summed E-state index contributed by atoms with van der Waals surface area (Å²) in [4.78, 5) is 32.4. The second kappa shape index (κ2) is 13.8. The van der Waals surface area contributed by atoms with Crippen LogP contribution in [0.1, 0.15) is 61.9 Å². The maximum atomic E-state index is 14.0. The van der Waals surface area contributed by atoms with E-state index in [0.29, 0.717) is 58.7 Å². The number of hydrogen-bond acceptors (Lipinski definition) is 7. The Bertz CT molecular complexity index is 1980. The van der Waals surface area contributed by atoms with Gasteiger partial charge in [0.05, 0.1) is 40.6 Å². The summed E-state index contributed by atoms with van der Waals surface area (Å²) < 4.78 is 19.0. The molecule has 1 aliphatic heterocycles. The molecular weight excluding hydrogens is 655 g/mol. The Morgan fingerprint density at radius 1 is 1.07 bits per heavy atom. The third-order valence-electron chi connectivity index (χ3n) is 7.37. The first-order valence-electron chi connectivity index (χ1n) is 14.3. The topological polar surface area (TPSA) is 79.1 Å². The van der Waals surface area contributed by atoms with Crippen molar-refractivity contribution in [2.45, 2.75) is 46.3 Å². The van der Waals surface area contributed by atoms with Gasteiger partial charge in [-0.1, -0.05) is 90.3 Å². The highest BCUT2D eigenvalue weighted by Crippen LogP contribution is 2.38. The standard InChI is InChI=1S/C34H31Cl3N2O5S/c1-6-43-33(41)29-19(4)38-34-39(30(29)22-9-7-21(8-10-22)18(2)3)32(40)28(45-34)15-20-13-26(37)31(27(14-20)42-5)44-17-23-11-12-24(35)16-25(23)36/h7-16,18,30H,6,17H2,1-5H3/b28-15+. The number of halogens is 3. The summed E-state index contributed by atoms with van der Waals surface area (Å²) in [5, 5.41) is 1.29. The van der Waals surface area contributed by atoms with Gasteiger partial charge in [-0.25, -0.2) is 9.79 Å². The minimum absolute atomic E-state index is 0.143. The van der Waals surface area contributed by atoms with Crippen molar-refractivity contribution < 1.29 is 19.0 Å². The van der Waals surface area contributed by atoms with Crippen molar-refractivity contribution in [2.75, 3.05) is 13.7 Å². The molecule has 1 unspecified atom stereocenters. The van der Waals surface area contributed by atoms with Crippen LogP contribution < -0.4 is 24.4 Å². The van der Waals surface area contributed by atoms with Crippen molar-refractivity contribution in [3.8, 4) is 11.5 Å². The summed E-state index contributed by atoms with van der Waals surface area (Å²) >= 11 is 20.2. The number of hydrogen-bond donors (Lipinski definition) is 0. The van der Waals surface area contributed by atoms with Gasteiger partial charge in [0, 0.05) is 15.6 Å². The van der Waals surface area contributed by atoms with Crippen molar-refractivity contribution in [1.82, 2.24) is 4.57 Å².